The van der Waals surface area contributed by atoms with Crippen LogP contribution >= 0.6 is 0 Å². The van der Waals surface area contributed by atoms with Crippen molar-refractivity contribution in [3.05, 3.63) is 72.4 Å². The van der Waals surface area contributed by atoms with E-state index in [4.69, 9.17) is 9.40 Å². The van der Waals surface area contributed by atoms with Crippen molar-refractivity contribution in [1.29, 1.82) is 0 Å². The van der Waals surface area contributed by atoms with Crippen LogP contribution in [0.1, 0.15) is 24.5 Å². The number of hydrogen-bond donors (Lipinski definition) is 2. The molecular formula is C23H17FN6O. The van der Waals surface area contributed by atoms with Crippen molar-refractivity contribution in [2.24, 2.45) is 0 Å². The fourth-order valence-corrected chi connectivity index (χ4v) is 3.63. The van der Waals surface area contributed by atoms with Crippen LogP contribution in [0, 0.1) is 5.82 Å². The van der Waals surface area contributed by atoms with Crippen LogP contribution in [0.5, 0.6) is 0 Å². The lowest BCUT2D eigenvalue weighted by Gasteiger charge is -2.03. The van der Waals surface area contributed by atoms with Gasteiger partial charge in [-0.1, -0.05) is 11.2 Å². The van der Waals surface area contributed by atoms with Crippen LogP contribution in [0.2, 0.25) is 0 Å². The number of hydrogen-bond acceptors (Lipinski definition) is 6. The first kappa shape index (κ1) is 17.8. The van der Waals surface area contributed by atoms with Gasteiger partial charge in [0.2, 0.25) is 5.89 Å². The molecule has 0 saturated heterocycles. The Labute approximate surface area is 176 Å². The third-order valence-corrected chi connectivity index (χ3v) is 5.34. The molecule has 0 unspecified atom stereocenters. The van der Waals surface area contributed by atoms with Crippen molar-refractivity contribution in [2.45, 2.75) is 18.8 Å². The first-order valence-corrected chi connectivity index (χ1v) is 10.0. The molecule has 3 aromatic heterocycles. The molecule has 6 rings (SSSR count). The molecular weight excluding hydrogens is 395 g/mol. The topological polar surface area (TPSA) is 92.5 Å². The van der Waals surface area contributed by atoms with Gasteiger partial charge in [0.05, 0.1) is 0 Å². The number of aromatic nitrogens is 5. The zero-order valence-electron chi connectivity index (χ0n) is 16.3. The molecule has 2 N–H and O–H groups in total. The summed E-state index contributed by atoms with van der Waals surface area (Å²) in [6.07, 6.45) is 6.13. The summed E-state index contributed by atoms with van der Waals surface area (Å²) >= 11 is 0. The highest BCUT2D eigenvalue weighted by atomic mass is 19.1. The van der Waals surface area contributed by atoms with Crippen LogP contribution in [-0.2, 0) is 0 Å². The third-order valence-electron chi connectivity index (χ3n) is 5.34. The molecule has 8 heteroatoms. The Kier molecular flexibility index (Phi) is 4.02. The standard InChI is InChI=1S/C23H17FN6O/c24-15-2-1-3-16(11-15)27-23-30-29-22(31-23)14-6-7-20-17(10-14)18(12-26-20)21-25-9-8-19(28-21)13-4-5-13/h1-3,6-13,26H,4-5H2,(H,27,30). The van der Waals surface area contributed by atoms with E-state index < -0.39 is 0 Å². The molecule has 0 radical (unpaired) electrons. The highest BCUT2D eigenvalue weighted by Crippen LogP contribution is 2.39. The Balaban J connectivity index is 1.34. The monoisotopic (exact) mass is 412 g/mol. The second-order valence-electron chi connectivity index (χ2n) is 7.59. The summed E-state index contributed by atoms with van der Waals surface area (Å²) in [7, 11) is 0. The van der Waals surface area contributed by atoms with Crippen molar-refractivity contribution < 1.29 is 8.81 Å². The molecule has 0 atom stereocenters. The molecule has 1 fully saturated rings. The number of nitrogens with one attached hydrogen (secondary N) is 2. The Hall–Kier alpha value is -4.07. The molecule has 5 aromatic rings. The van der Waals surface area contributed by atoms with Gasteiger partial charge in [-0.2, -0.15) is 0 Å². The quantitative estimate of drug-likeness (QED) is 0.400. The van der Waals surface area contributed by atoms with Gasteiger partial charge in [-0.25, -0.2) is 14.4 Å². The normalized spacial score (nSPS) is 13.6. The molecule has 3 heterocycles. The summed E-state index contributed by atoms with van der Waals surface area (Å²) in [5, 5.41) is 12.0. The van der Waals surface area contributed by atoms with Crippen molar-refractivity contribution in [3.8, 4) is 22.8 Å². The van der Waals surface area contributed by atoms with Crippen molar-refractivity contribution >= 4 is 22.6 Å². The average molecular weight is 412 g/mol. The lowest BCUT2D eigenvalue weighted by Crippen LogP contribution is -1.92. The summed E-state index contributed by atoms with van der Waals surface area (Å²) in [6, 6.07) is 14.1. The average Bonchev–Trinajstić information content (AvgIpc) is 3.39. The Morgan fingerprint density at radius 3 is 2.87 bits per heavy atom. The van der Waals surface area contributed by atoms with E-state index >= 15 is 0 Å². The van der Waals surface area contributed by atoms with Gasteiger partial charge in [-0.3, -0.25) is 0 Å². The van der Waals surface area contributed by atoms with Gasteiger partial charge in [-0.15, -0.1) is 5.10 Å². The maximum Gasteiger partial charge on any atom is 0.320 e. The van der Waals surface area contributed by atoms with Gasteiger partial charge < -0.3 is 14.7 Å². The van der Waals surface area contributed by atoms with Crippen LogP contribution in [0.15, 0.2) is 65.3 Å². The molecule has 0 spiro atoms. The molecule has 1 aliphatic rings. The largest absolute Gasteiger partial charge is 0.403 e. The fraction of sp³-hybridized carbons (Fsp3) is 0.130. The molecule has 2 aromatic carbocycles. The minimum Gasteiger partial charge on any atom is -0.403 e. The highest BCUT2D eigenvalue weighted by Gasteiger charge is 2.25. The van der Waals surface area contributed by atoms with E-state index in [0.717, 1.165) is 27.7 Å². The number of nitrogens with zero attached hydrogens (tertiary/aromatic N) is 4. The number of halogens is 1. The van der Waals surface area contributed by atoms with Crippen molar-refractivity contribution in [2.75, 3.05) is 5.32 Å². The molecule has 0 bridgehead atoms. The molecule has 0 amide bonds. The molecule has 1 aliphatic carbocycles. The second kappa shape index (κ2) is 7.02. The number of benzene rings is 2. The van der Waals surface area contributed by atoms with Crippen LogP contribution in [0.3, 0.4) is 0 Å². The Bertz CT molecular complexity index is 1400. The Morgan fingerprint density at radius 2 is 2.00 bits per heavy atom. The maximum atomic E-state index is 13.4. The predicted octanol–water partition coefficient (Wildman–Crippen LogP) is 5.44. The van der Waals surface area contributed by atoms with Gasteiger partial charge in [-0.05, 0) is 55.3 Å². The number of anilines is 2. The Morgan fingerprint density at radius 1 is 1.06 bits per heavy atom. The molecule has 31 heavy (non-hydrogen) atoms. The zero-order chi connectivity index (χ0) is 20.8. The van der Waals surface area contributed by atoms with Crippen LogP contribution < -0.4 is 5.32 Å². The minimum atomic E-state index is -0.344. The molecule has 0 aliphatic heterocycles. The summed E-state index contributed by atoms with van der Waals surface area (Å²) in [5.41, 5.74) is 4.30. The lowest BCUT2D eigenvalue weighted by atomic mass is 10.1. The van der Waals surface area contributed by atoms with Crippen molar-refractivity contribution in [1.82, 2.24) is 25.1 Å². The summed E-state index contributed by atoms with van der Waals surface area (Å²) in [5.74, 6) is 1.28. The number of rotatable bonds is 5. The lowest BCUT2D eigenvalue weighted by molar-refractivity contribution is 0.587. The van der Waals surface area contributed by atoms with E-state index in [1.54, 1.807) is 12.1 Å². The van der Waals surface area contributed by atoms with Gasteiger partial charge in [0, 0.05) is 51.7 Å². The highest BCUT2D eigenvalue weighted by molar-refractivity contribution is 5.96. The van der Waals surface area contributed by atoms with Gasteiger partial charge in [0.1, 0.15) is 5.82 Å². The summed E-state index contributed by atoms with van der Waals surface area (Å²) < 4.78 is 19.1. The van der Waals surface area contributed by atoms with Crippen LogP contribution in [0.25, 0.3) is 33.7 Å². The molecule has 7 nitrogen and oxygen atoms in total. The summed E-state index contributed by atoms with van der Waals surface area (Å²) in [4.78, 5) is 12.5. The number of aromatic amines is 1. The van der Waals surface area contributed by atoms with E-state index in [9.17, 15) is 4.39 Å². The SMILES string of the molecule is Fc1cccc(Nc2nnc(-c3ccc4[nH]cc(-c5nccc(C6CC6)n5)c4c3)o2)c1. The minimum absolute atomic E-state index is 0.190. The van der Waals surface area contributed by atoms with Gasteiger partial charge >= 0.3 is 6.01 Å². The van der Waals surface area contributed by atoms with E-state index in [0.29, 0.717) is 23.3 Å². The third kappa shape index (κ3) is 3.42. The number of H-pyrrole nitrogens is 1. The first-order valence-electron chi connectivity index (χ1n) is 10.0. The smallest absolute Gasteiger partial charge is 0.320 e. The number of fused-ring (bicyclic) bond motifs is 1. The second-order valence-corrected chi connectivity index (χ2v) is 7.59. The van der Waals surface area contributed by atoms with Crippen molar-refractivity contribution in [3.63, 3.8) is 0 Å². The van der Waals surface area contributed by atoms with E-state index in [2.05, 4.69) is 25.5 Å². The molecule has 1 saturated carbocycles. The predicted molar refractivity (Wildman–Crippen MR) is 114 cm³/mol. The first-order chi connectivity index (χ1) is 15.2. The van der Waals surface area contributed by atoms with E-state index in [1.165, 1.54) is 25.0 Å². The van der Waals surface area contributed by atoms with E-state index in [1.807, 2.05) is 36.7 Å². The van der Waals surface area contributed by atoms with Gasteiger partial charge in [0.15, 0.2) is 5.82 Å². The summed E-state index contributed by atoms with van der Waals surface area (Å²) in [6.45, 7) is 0. The zero-order valence-corrected chi connectivity index (χ0v) is 16.3. The molecule has 152 valence electrons. The van der Waals surface area contributed by atoms with E-state index in [-0.39, 0.29) is 11.8 Å². The van der Waals surface area contributed by atoms with Gasteiger partial charge in [0.25, 0.3) is 0 Å². The fourth-order valence-electron chi connectivity index (χ4n) is 3.63. The van der Waals surface area contributed by atoms with Crippen LogP contribution in [0.4, 0.5) is 16.1 Å². The maximum absolute atomic E-state index is 13.4. The van der Waals surface area contributed by atoms with Crippen LogP contribution in [-0.4, -0.2) is 25.1 Å².